The lowest BCUT2D eigenvalue weighted by Crippen LogP contribution is -2.54. The lowest BCUT2D eigenvalue weighted by Gasteiger charge is -2.29. The molecule has 1 fully saturated rings. The minimum atomic E-state index is -1.28. The van der Waals surface area contributed by atoms with E-state index in [1.165, 1.54) is 6.20 Å². The summed E-state index contributed by atoms with van der Waals surface area (Å²) in [4.78, 5) is 28.4. The third-order valence-electron chi connectivity index (χ3n) is 4.71. The van der Waals surface area contributed by atoms with E-state index in [2.05, 4.69) is 10.3 Å². The summed E-state index contributed by atoms with van der Waals surface area (Å²) in [7, 11) is 0. The number of carboxylic acid groups (broad SMARTS) is 1. The van der Waals surface area contributed by atoms with Crippen LogP contribution in [0.2, 0.25) is 0 Å². The monoisotopic (exact) mass is 328 g/mol. The normalized spacial score (nSPS) is 17.2. The molecule has 0 radical (unpaired) electrons. The summed E-state index contributed by atoms with van der Waals surface area (Å²) in [6.45, 7) is 0. The summed E-state index contributed by atoms with van der Waals surface area (Å²) in [6.07, 6.45) is 5.72. The highest BCUT2D eigenvalue weighted by Crippen LogP contribution is 2.30. The summed E-state index contributed by atoms with van der Waals surface area (Å²) in [5.41, 5.74) is -1.42. The van der Waals surface area contributed by atoms with Gasteiger partial charge in [-0.3, -0.25) is 4.79 Å². The molecule has 1 heterocycles. The molecule has 24 heavy (non-hydrogen) atoms. The SMILES string of the molecule is O=C(NC1(C(=O)O)CCCCCC1)c1ncc2ccccc2c1O. The van der Waals surface area contributed by atoms with Gasteiger partial charge in [0.2, 0.25) is 0 Å². The van der Waals surface area contributed by atoms with Crippen molar-refractivity contribution < 1.29 is 19.8 Å². The molecule has 3 rings (SSSR count). The molecular formula is C18H20N2O4. The first-order chi connectivity index (χ1) is 11.5. The van der Waals surface area contributed by atoms with E-state index in [1.54, 1.807) is 18.2 Å². The minimum Gasteiger partial charge on any atom is -0.505 e. The van der Waals surface area contributed by atoms with Crippen LogP contribution in [0.25, 0.3) is 10.8 Å². The molecule has 0 spiro atoms. The van der Waals surface area contributed by atoms with Crippen LogP contribution in [0.1, 0.15) is 49.0 Å². The van der Waals surface area contributed by atoms with Crippen LogP contribution in [0.3, 0.4) is 0 Å². The lowest BCUT2D eigenvalue weighted by molar-refractivity contribution is -0.145. The molecular weight excluding hydrogens is 308 g/mol. The van der Waals surface area contributed by atoms with Crippen molar-refractivity contribution in [2.45, 2.75) is 44.1 Å². The number of aromatic nitrogens is 1. The molecule has 3 N–H and O–H groups in total. The van der Waals surface area contributed by atoms with E-state index in [1.807, 2.05) is 6.07 Å². The number of benzene rings is 1. The second kappa shape index (κ2) is 6.47. The highest BCUT2D eigenvalue weighted by Gasteiger charge is 2.40. The summed E-state index contributed by atoms with van der Waals surface area (Å²) >= 11 is 0. The molecule has 0 bridgehead atoms. The van der Waals surface area contributed by atoms with Crippen LogP contribution in [-0.2, 0) is 4.79 Å². The third kappa shape index (κ3) is 2.91. The van der Waals surface area contributed by atoms with E-state index in [9.17, 15) is 19.8 Å². The van der Waals surface area contributed by atoms with E-state index < -0.39 is 17.4 Å². The van der Waals surface area contributed by atoms with Gasteiger partial charge in [0.1, 0.15) is 5.54 Å². The van der Waals surface area contributed by atoms with Crippen molar-refractivity contribution in [1.29, 1.82) is 0 Å². The second-order valence-corrected chi connectivity index (χ2v) is 6.30. The van der Waals surface area contributed by atoms with Crippen molar-refractivity contribution in [3.05, 3.63) is 36.2 Å². The quantitative estimate of drug-likeness (QED) is 0.752. The summed E-state index contributed by atoms with van der Waals surface area (Å²) < 4.78 is 0. The number of nitrogens with one attached hydrogen (secondary N) is 1. The Morgan fingerprint density at radius 1 is 1.08 bits per heavy atom. The number of pyridine rings is 1. The number of carbonyl (C=O) groups is 2. The minimum absolute atomic E-state index is 0.140. The van der Waals surface area contributed by atoms with Crippen molar-refractivity contribution in [3.63, 3.8) is 0 Å². The highest BCUT2D eigenvalue weighted by atomic mass is 16.4. The number of nitrogens with zero attached hydrogens (tertiary/aromatic N) is 1. The maximum absolute atomic E-state index is 12.6. The van der Waals surface area contributed by atoms with E-state index >= 15 is 0 Å². The van der Waals surface area contributed by atoms with Gasteiger partial charge in [0.25, 0.3) is 5.91 Å². The molecule has 1 aliphatic rings. The van der Waals surface area contributed by atoms with E-state index in [0.29, 0.717) is 23.6 Å². The molecule has 126 valence electrons. The molecule has 2 aromatic rings. The number of hydrogen-bond acceptors (Lipinski definition) is 4. The van der Waals surface area contributed by atoms with Gasteiger partial charge < -0.3 is 15.5 Å². The second-order valence-electron chi connectivity index (χ2n) is 6.30. The van der Waals surface area contributed by atoms with Gasteiger partial charge in [-0.05, 0) is 12.8 Å². The zero-order chi connectivity index (χ0) is 17.2. The average Bonchev–Trinajstić information content (AvgIpc) is 2.82. The largest absolute Gasteiger partial charge is 0.505 e. The van der Waals surface area contributed by atoms with Crippen LogP contribution in [0.5, 0.6) is 5.75 Å². The number of hydrogen-bond donors (Lipinski definition) is 3. The summed E-state index contributed by atoms with van der Waals surface area (Å²) in [5, 5.41) is 23.9. The van der Waals surface area contributed by atoms with Crippen molar-refractivity contribution >= 4 is 22.6 Å². The van der Waals surface area contributed by atoms with Gasteiger partial charge >= 0.3 is 5.97 Å². The molecule has 6 heteroatoms. The van der Waals surface area contributed by atoms with Crippen molar-refractivity contribution in [1.82, 2.24) is 10.3 Å². The van der Waals surface area contributed by atoms with E-state index in [0.717, 1.165) is 25.7 Å². The van der Waals surface area contributed by atoms with Crippen LogP contribution in [-0.4, -0.2) is 32.6 Å². The molecule has 0 unspecified atom stereocenters. The fraction of sp³-hybridized carbons (Fsp3) is 0.389. The maximum atomic E-state index is 12.6. The van der Waals surface area contributed by atoms with Crippen molar-refractivity contribution in [2.24, 2.45) is 0 Å². The topological polar surface area (TPSA) is 99.5 Å². The van der Waals surface area contributed by atoms with Gasteiger partial charge in [-0.1, -0.05) is 49.9 Å². The molecule has 0 saturated heterocycles. The highest BCUT2D eigenvalue weighted by molar-refractivity contribution is 6.03. The fourth-order valence-corrected chi connectivity index (χ4v) is 3.32. The number of fused-ring (bicyclic) bond motifs is 1. The molecule has 0 atom stereocenters. The fourth-order valence-electron chi connectivity index (χ4n) is 3.32. The van der Waals surface area contributed by atoms with Gasteiger partial charge in [0.15, 0.2) is 11.4 Å². The van der Waals surface area contributed by atoms with E-state index in [4.69, 9.17) is 0 Å². The number of carbonyl (C=O) groups excluding carboxylic acids is 1. The third-order valence-corrected chi connectivity index (χ3v) is 4.71. The van der Waals surface area contributed by atoms with Crippen LogP contribution in [0, 0.1) is 0 Å². The summed E-state index contributed by atoms with van der Waals surface area (Å²) in [6, 6.07) is 7.05. The number of rotatable bonds is 3. The number of amides is 1. The molecule has 1 amide bonds. The standard InChI is InChI=1S/C18H20N2O4/c21-15-13-8-4-3-7-12(13)11-19-14(15)16(22)20-18(17(23)24)9-5-1-2-6-10-18/h3-4,7-8,11,21H,1-2,5-6,9-10H2,(H,20,22)(H,23,24). The predicted octanol–water partition coefficient (Wildman–Crippen LogP) is 2.85. The van der Waals surface area contributed by atoms with Crippen molar-refractivity contribution in [3.8, 4) is 5.75 Å². The molecule has 1 aliphatic carbocycles. The first-order valence-corrected chi connectivity index (χ1v) is 8.16. The van der Waals surface area contributed by atoms with Crippen LogP contribution >= 0.6 is 0 Å². The first-order valence-electron chi connectivity index (χ1n) is 8.16. The molecule has 0 aliphatic heterocycles. The van der Waals surface area contributed by atoms with Gasteiger partial charge in [0, 0.05) is 17.0 Å². The Hall–Kier alpha value is -2.63. The summed E-state index contributed by atoms with van der Waals surface area (Å²) in [5.74, 6) is -1.90. The Balaban J connectivity index is 1.93. The van der Waals surface area contributed by atoms with Gasteiger partial charge in [0.05, 0.1) is 0 Å². The Bertz CT molecular complexity index is 780. The molecule has 1 aromatic carbocycles. The maximum Gasteiger partial charge on any atom is 0.329 e. The van der Waals surface area contributed by atoms with Gasteiger partial charge in [-0.25, -0.2) is 9.78 Å². The first kappa shape index (κ1) is 16.2. The van der Waals surface area contributed by atoms with Crippen LogP contribution in [0.4, 0.5) is 0 Å². The molecule has 6 nitrogen and oxygen atoms in total. The Labute approximate surface area is 139 Å². The van der Waals surface area contributed by atoms with Crippen molar-refractivity contribution in [2.75, 3.05) is 0 Å². The number of carboxylic acids is 1. The molecule has 1 saturated carbocycles. The zero-order valence-electron chi connectivity index (χ0n) is 13.3. The predicted molar refractivity (Wildman–Crippen MR) is 88.9 cm³/mol. The van der Waals surface area contributed by atoms with E-state index in [-0.39, 0.29) is 11.4 Å². The van der Waals surface area contributed by atoms with Gasteiger partial charge in [-0.15, -0.1) is 0 Å². The van der Waals surface area contributed by atoms with Gasteiger partial charge in [-0.2, -0.15) is 0 Å². The smallest absolute Gasteiger partial charge is 0.329 e. The lowest BCUT2D eigenvalue weighted by atomic mass is 9.90. The van der Waals surface area contributed by atoms with Crippen LogP contribution < -0.4 is 5.32 Å². The Kier molecular flexibility index (Phi) is 4.38. The van der Waals surface area contributed by atoms with Crippen LogP contribution in [0.15, 0.2) is 30.5 Å². The average molecular weight is 328 g/mol. The zero-order valence-corrected chi connectivity index (χ0v) is 13.3. The Morgan fingerprint density at radius 3 is 2.42 bits per heavy atom. The number of aromatic hydroxyl groups is 1. The number of aliphatic carboxylic acids is 1. The Morgan fingerprint density at radius 2 is 1.75 bits per heavy atom. The molecule has 1 aromatic heterocycles.